The van der Waals surface area contributed by atoms with Crippen molar-refractivity contribution in [3.63, 3.8) is 0 Å². The highest BCUT2D eigenvalue weighted by atomic mass is 32.2. The van der Waals surface area contributed by atoms with Crippen LogP contribution in [0.2, 0.25) is 0 Å². The first-order valence-electron chi connectivity index (χ1n) is 8.34. The zero-order valence-electron chi connectivity index (χ0n) is 13.9. The summed E-state index contributed by atoms with van der Waals surface area (Å²) in [7, 11) is -1.41. The maximum atomic E-state index is 12.1. The van der Waals surface area contributed by atoms with Crippen molar-refractivity contribution in [3.05, 3.63) is 29.8 Å². The molecule has 0 radical (unpaired) electrons. The quantitative estimate of drug-likeness (QED) is 0.791. The number of hydrogen-bond donors (Lipinski definition) is 0. The molecule has 1 aromatic carbocycles. The second-order valence-electron chi connectivity index (χ2n) is 6.79. The summed E-state index contributed by atoms with van der Waals surface area (Å²) in [5.41, 5.74) is 1.01. The van der Waals surface area contributed by atoms with E-state index in [4.69, 9.17) is 4.74 Å². The van der Waals surface area contributed by atoms with Crippen LogP contribution in [-0.2, 0) is 21.2 Å². The summed E-state index contributed by atoms with van der Waals surface area (Å²) in [5.74, 6) is 1.04. The van der Waals surface area contributed by atoms with E-state index in [-0.39, 0.29) is 34.6 Å². The van der Waals surface area contributed by atoms with E-state index in [0.29, 0.717) is 11.7 Å². The minimum Gasteiger partial charge on any atom is -0.497 e. The van der Waals surface area contributed by atoms with Crippen LogP contribution in [-0.4, -0.2) is 54.3 Å². The maximum absolute atomic E-state index is 12.1. The third-order valence-electron chi connectivity index (χ3n) is 4.79. The summed E-state index contributed by atoms with van der Waals surface area (Å²) in [5, 5.41) is 0.631. The Morgan fingerprint density at radius 2 is 2.16 bits per heavy atom. The van der Waals surface area contributed by atoms with E-state index in [1.807, 2.05) is 29.2 Å². The Morgan fingerprint density at radius 1 is 1.36 bits per heavy atom. The molecule has 25 heavy (non-hydrogen) atoms. The molecule has 6 nitrogen and oxygen atoms in total. The molecular weight excluding hydrogens is 360 g/mol. The second-order valence-corrected chi connectivity index (χ2v) is 10.1. The number of rotatable bonds is 4. The van der Waals surface area contributed by atoms with Gasteiger partial charge < -0.3 is 9.64 Å². The van der Waals surface area contributed by atoms with Crippen molar-refractivity contribution in [1.82, 2.24) is 4.90 Å². The normalized spacial score (nSPS) is 29.0. The molecule has 4 rings (SSSR count). The van der Waals surface area contributed by atoms with Gasteiger partial charge in [0.1, 0.15) is 5.75 Å². The zero-order valence-corrected chi connectivity index (χ0v) is 15.6. The minimum atomic E-state index is -3.03. The summed E-state index contributed by atoms with van der Waals surface area (Å²) >= 11 is 1.44. The molecule has 2 atom stereocenters. The molecule has 0 aromatic heterocycles. The summed E-state index contributed by atoms with van der Waals surface area (Å²) in [6, 6.07) is 7.57. The number of benzene rings is 1. The van der Waals surface area contributed by atoms with Crippen LogP contribution >= 0.6 is 11.8 Å². The summed E-state index contributed by atoms with van der Waals surface area (Å²) in [6.45, 7) is 0.525. The third kappa shape index (κ3) is 3.55. The van der Waals surface area contributed by atoms with E-state index >= 15 is 0 Å². The fourth-order valence-electron chi connectivity index (χ4n) is 3.30. The van der Waals surface area contributed by atoms with Gasteiger partial charge in [0.05, 0.1) is 24.7 Å². The number of sulfone groups is 1. The predicted octanol–water partition coefficient (Wildman–Crippen LogP) is 1.70. The third-order valence-corrected chi connectivity index (χ3v) is 8.04. The fourth-order valence-corrected chi connectivity index (χ4v) is 7.26. The van der Waals surface area contributed by atoms with Gasteiger partial charge in [-0.05, 0) is 30.5 Å². The fraction of sp³-hybridized carbons (Fsp3) is 0.529. The van der Waals surface area contributed by atoms with Crippen LogP contribution in [0.15, 0.2) is 29.3 Å². The summed E-state index contributed by atoms with van der Waals surface area (Å²) < 4.78 is 29.3. The summed E-state index contributed by atoms with van der Waals surface area (Å²) in [4.78, 5) is 18.5. The van der Waals surface area contributed by atoms with Crippen molar-refractivity contribution in [3.8, 4) is 5.75 Å². The zero-order chi connectivity index (χ0) is 17.6. The van der Waals surface area contributed by atoms with Crippen LogP contribution in [0.5, 0.6) is 5.75 Å². The van der Waals surface area contributed by atoms with Crippen LogP contribution in [0.25, 0.3) is 0 Å². The van der Waals surface area contributed by atoms with Crippen molar-refractivity contribution in [2.75, 3.05) is 18.6 Å². The Labute approximate surface area is 151 Å². The first-order valence-corrected chi connectivity index (χ1v) is 11.0. The molecule has 0 spiro atoms. The summed E-state index contributed by atoms with van der Waals surface area (Å²) in [6.07, 6.45) is 1.83. The van der Waals surface area contributed by atoms with Gasteiger partial charge in [0, 0.05) is 17.7 Å². The van der Waals surface area contributed by atoms with E-state index in [2.05, 4.69) is 4.99 Å². The number of carbonyl (C=O) groups is 1. The number of ether oxygens (including phenoxy) is 1. The SMILES string of the molecule is COc1cccc(CN2C(=NC(=O)C3CC3)S[C@@H]3CS(=O)(=O)C[C@H]32)c1. The van der Waals surface area contributed by atoms with E-state index in [9.17, 15) is 13.2 Å². The number of nitrogens with zero attached hydrogens (tertiary/aromatic N) is 2. The molecule has 0 N–H and O–H groups in total. The number of hydrogen-bond acceptors (Lipinski definition) is 5. The average molecular weight is 380 g/mol. The Bertz CT molecular complexity index is 833. The molecule has 134 valence electrons. The lowest BCUT2D eigenvalue weighted by Crippen LogP contribution is -2.37. The van der Waals surface area contributed by atoms with Gasteiger partial charge in [-0.2, -0.15) is 4.99 Å². The Kier molecular flexibility index (Phi) is 4.27. The molecule has 1 amide bonds. The number of methoxy groups -OCH3 is 1. The second kappa shape index (κ2) is 6.32. The van der Waals surface area contributed by atoms with Gasteiger partial charge in [-0.25, -0.2) is 8.42 Å². The molecule has 1 aromatic rings. The molecule has 2 saturated heterocycles. The monoisotopic (exact) mass is 380 g/mol. The van der Waals surface area contributed by atoms with Crippen molar-refractivity contribution in [1.29, 1.82) is 0 Å². The molecule has 2 heterocycles. The van der Waals surface area contributed by atoms with Gasteiger partial charge in [0.15, 0.2) is 15.0 Å². The van der Waals surface area contributed by atoms with E-state index < -0.39 is 9.84 Å². The lowest BCUT2D eigenvalue weighted by atomic mass is 10.1. The topological polar surface area (TPSA) is 76.0 Å². The molecule has 1 aliphatic carbocycles. The van der Waals surface area contributed by atoms with Crippen molar-refractivity contribution < 1.29 is 17.9 Å². The molecular formula is C17H20N2O4S2. The van der Waals surface area contributed by atoms with Crippen LogP contribution in [0.1, 0.15) is 18.4 Å². The first kappa shape index (κ1) is 16.9. The van der Waals surface area contributed by atoms with Gasteiger partial charge in [-0.3, -0.25) is 4.79 Å². The highest BCUT2D eigenvalue weighted by Crippen LogP contribution is 2.40. The Hall–Kier alpha value is -1.54. The van der Waals surface area contributed by atoms with E-state index in [1.54, 1.807) is 7.11 Å². The first-order chi connectivity index (χ1) is 11.9. The Morgan fingerprint density at radius 3 is 2.88 bits per heavy atom. The van der Waals surface area contributed by atoms with Crippen molar-refractivity contribution in [2.45, 2.75) is 30.7 Å². The number of amidine groups is 1. The van der Waals surface area contributed by atoms with Crippen LogP contribution in [0.4, 0.5) is 0 Å². The molecule has 3 aliphatic rings. The molecule has 0 bridgehead atoms. The smallest absolute Gasteiger partial charge is 0.251 e. The lowest BCUT2D eigenvalue weighted by molar-refractivity contribution is -0.118. The van der Waals surface area contributed by atoms with E-state index in [0.717, 1.165) is 24.2 Å². The van der Waals surface area contributed by atoms with Crippen LogP contribution in [0.3, 0.4) is 0 Å². The molecule has 0 unspecified atom stereocenters. The predicted molar refractivity (Wildman–Crippen MR) is 97.5 cm³/mol. The van der Waals surface area contributed by atoms with Gasteiger partial charge >= 0.3 is 0 Å². The van der Waals surface area contributed by atoms with Gasteiger partial charge in [-0.1, -0.05) is 23.9 Å². The van der Waals surface area contributed by atoms with Crippen molar-refractivity contribution in [2.24, 2.45) is 10.9 Å². The van der Waals surface area contributed by atoms with Gasteiger partial charge in [-0.15, -0.1) is 0 Å². The maximum Gasteiger partial charge on any atom is 0.251 e. The van der Waals surface area contributed by atoms with Crippen molar-refractivity contribution >= 4 is 32.7 Å². The molecule has 1 saturated carbocycles. The van der Waals surface area contributed by atoms with E-state index in [1.165, 1.54) is 11.8 Å². The number of fused-ring (bicyclic) bond motifs is 1. The standard InChI is InChI=1S/C17H20N2O4S2/c1-23-13-4-2-3-11(7-13)8-19-14-9-25(21,22)10-15(14)24-17(19)18-16(20)12-5-6-12/h2-4,7,12,14-15H,5-6,8-10H2,1H3/t14-,15-/m1/s1. The molecule has 8 heteroatoms. The average Bonchev–Trinajstić information content (AvgIpc) is 3.32. The molecule has 2 aliphatic heterocycles. The van der Waals surface area contributed by atoms with Crippen LogP contribution < -0.4 is 4.74 Å². The molecule has 3 fully saturated rings. The minimum absolute atomic E-state index is 0.0404. The van der Waals surface area contributed by atoms with Gasteiger partial charge in [0.2, 0.25) is 0 Å². The Balaban J connectivity index is 1.62. The number of carbonyl (C=O) groups excluding carboxylic acids is 1. The van der Waals surface area contributed by atoms with Gasteiger partial charge in [0.25, 0.3) is 5.91 Å². The highest BCUT2D eigenvalue weighted by Gasteiger charge is 2.49. The van der Waals surface area contributed by atoms with Crippen LogP contribution in [0, 0.1) is 5.92 Å². The lowest BCUT2D eigenvalue weighted by Gasteiger charge is -2.24. The number of amides is 1. The number of aliphatic imine (C=N–C) groups is 1. The number of thioether (sulfide) groups is 1. The largest absolute Gasteiger partial charge is 0.497 e. The highest BCUT2D eigenvalue weighted by molar-refractivity contribution is 8.15.